The number of carbonyl (C=O) groups excluding carboxylic acids is 2. The van der Waals surface area contributed by atoms with Crippen molar-refractivity contribution in [2.24, 2.45) is 11.8 Å². The van der Waals surface area contributed by atoms with E-state index in [-0.39, 0.29) is 29.9 Å². The van der Waals surface area contributed by atoms with Gasteiger partial charge in [-0.05, 0) is 76.3 Å². The van der Waals surface area contributed by atoms with E-state index >= 15 is 0 Å². The van der Waals surface area contributed by atoms with Crippen LogP contribution in [0.3, 0.4) is 0 Å². The standard InChI is InChI=1S/C24H35NO4/c1-16-5-8-18(9-6-16)23(26)25(19-10-12-20(28-3)13-11-19)22-14-7-17(2)15-21(22)24(27)29-4/h7,14-16,18-20H,5-6,8-13H2,1-4H3/t16-,18-,19?,20?. The van der Waals surface area contributed by atoms with Crippen molar-refractivity contribution >= 4 is 17.6 Å². The van der Waals surface area contributed by atoms with Crippen molar-refractivity contribution in [3.63, 3.8) is 0 Å². The first-order valence-corrected chi connectivity index (χ1v) is 11.0. The highest BCUT2D eigenvalue weighted by Crippen LogP contribution is 2.36. The Labute approximate surface area is 174 Å². The Kier molecular flexibility index (Phi) is 7.33. The Hall–Kier alpha value is -1.88. The van der Waals surface area contributed by atoms with Gasteiger partial charge in [0.05, 0.1) is 24.5 Å². The normalized spacial score (nSPS) is 27.3. The fraction of sp³-hybridized carbons (Fsp3) is 0.667. The Morgan fingerprint density at radius 3 is 2.21 bits per heavy atom. The molecule has 0 bridgehead atoms. The molecule has 0 spiro atoms. The summed E-state index contributed by atoms with van der Waals surface area (Å²) in [6.45, 7) is 4.22. The zero-order chi connectivity index (χ0) is 21.0. The topological polar surface area (TPSA) is 55.8 Å². The van der Waals surface area contributed by atoms with Crippen LogP contribution in [0.15, 0.2) is 18.2 Å². The lowest BCUT2D eigenvalue weighted by molar-refractivity contribution is -0.124. The largest absolute Gasteiger partial charge is 0.465 e. The predicted molar refractivity (Wildman–Crippen MR) is 114 cm³/mol. The van der Waals surface area contributed by atoms with Gasteiger partial charge in [0, 0.05) is 19.1 Å². The van der Waals surface area contributed by atoms with Crippen molar-refractivity contribution in [1.82, 2.24) is 0 Å². The van der Waals surface area contributed by atoms with Crippen LogP contribution in [0.5, 0.6) is 0 Å². The summed E-state index contributed by atoms with van der Waals surface area (Å²) < 4.78 is 10.6. The third-order valence-corrected chi connectivity index (χ3v) is 6.76. The summed E-state index contributed by atoms with van der Waals surface area (Å²) >= 11 is 0. The fourth-order valence-corrected chi connectivity index (χ4v) is 4.87. The van der Waals surface area contributed by atoms with Gasteiger partial charge in [0.15, 0.2) is 0 Å². The highest BCUT2D eigenvalue weighted by molar-refractivity contribution is 6.03. The zero-order valence-corrected chi connectivity index (χ0v) is 18.3. The minimum Gasteiger partial charge on any atom is -0.465 e. The van der Waals surface area contributed by atoms with Gasteiger partial charge in [-0.3, -0.25) is 4.79 Å². The summed E-state index contributed by atoms with van der Waals surface area (Å²) in [5, 5.41) is 0. The molecule has 2 aliphatic rings. The molecule has 2 fully saturated rings. The van der Waals surface area contributed by atoms with Gasteiger partial charge in [0.25, 0.3) is 0 Å². The van der Waals surface area contributed by atoms with Gasteiger partial charge in [0.1, 0.15) is 0 Å². The molecular formula is C24H35NO4. The number of nitrogens with zero attached hydrogens (tertiary/aromatic N) is 1. The van der Waals surface area contributed by atoms with Crippen molar-refractivity contribution < 1.29 is 19.1 Å². The fourth-order valence-electron chi connectivity index (χ4n) is 4.87. The van der Waals surface area contributed by atoms with Crippen LogP contribution < -0.4 is 4.90 Å². The van der Waals surface area contributed by atoms with Crippen LogP contribution >= 0.6 is 0 Å². The second kappa shape index (κ2) is 9.75. The molecule has 1 amide bonds. The van der Waals surface area contributed by atoms with E-state index in [2.05, 4.69) is 6.92 Å². The maximum absolute atomic E-state index is 13.7. The number of aryl methyl sites for hydroxylation is 1. The number of hydrogen-bond acceptors (Lipinski definition) is 4. The van der Waals surface area contributed by atoms with Crippen molar-refractivity contribution in [3.05, 3.63) is 29.3 Å². The minimum atomic E-state index is -0.385. The third kappa shape index (κ3) is 5.00. The highest BCUT2D eigenvalue weighted by Gasteiger charge is 2.36. The Bertz CT molecular complexity index is 716. The Balaban J connectivity index is 1.95. The molecule has 0 aromatic heterocycles. The number of esters is 1. The first-order valence-electron chi connectivity index (χ1n) is 11.0. The molecule has 0 N–H and O–H groups in total. The van der Waals surface area contributed by atoms with Crippen molar-refractivity contribution in [3.8, 4) is 0 Å². The van der Waals surface area contributed by atoms with Gasteiger partial charge >= 0.3 is 5.97 Å². The molecule has 2 saturated carbocycles. The molecule has 3 rings (SSSR count). The van der Waals surface area contributed by atoms with Gasteiger partial charge in [-0.2, -0.15) is 0 Å². The van der Waals surface area contributed by atoms with Crippen LogP contribution in [0, 0.1) is 18.8 Å². The molecule has 5 heteroatoms. The van der Waals surface area contributed by atoms with E-state index in [1.807, 2.05) is 30.0 Å². The number of amides is 1. The van der Waals surface area contributed by atoms with Gasteiger partial charge in [-0.15, -0.1) is 0 Å². The van der Waals surface area contributed by atoms with Crippen LogP contribution in [0.4, 0.5) is 5.69 Å². The molecule has 1 aromatic carbocycles. The Morgan fingerprint density at radius 1 is 0.966 bits per heavy atom. The van der Waals surface area contributed by atoms with Gasteiger partial charge < -0.3 is 14.4 Å². The number of ether oxygens (including phenoxy) is 2. The van der Waals surface area contributed by atoms with Crippen molar-refractivity contribution in [1.29, 1.82) is 0 Å². The second-order valence-corrected chi connectivity index (χ2v) is 8.84. The van der Waals surface area contributed by atoms with Gasteiger partial charge in [0.2, 0.25) is 5.91 Å². The van der Waals surface area contributed by atoms with E-state index in [4.69, 9.17) is 9.47 Å². The lowest BCUT2D eigenvalue weighted by atomic mass is 9.81. The van der Waals surface area contributed by atoms with Crippen molar-refractivity contribution in [2.45, 2.75) is 77.4 Å². The number of rotatable bonds is 5. The highest BCUT2D eigenvalue weighted by atomic mass is 16.5. The number of benzene rings is 1. The van der Waals surface area contributed by atoms with Crippen LogP contribution in [0.25, 0.3) is 0 Å². The van der Waals surface area contributed by atoms with Crippen LogP contribution in [0.1, 0.15) is 74.2 Å². The van der Waals surface area contributed by atoms with Crippen LogP contribution in [0.2, 0.25) is 0 Å². The maximum Gasteiger partial charge on any atom is 0.339 e. The Morgan fingerprint density at radius 2 is 1.62 bits per heavy atom. The van der Waals surface area contributed by atoms with E-state index in [9.17, 15) is 9.59 Å². The quantitative estimate of drug-likeness (QED) is 0.659. The molecule has 160 valence electrons. The number of anilines is 1. The summed E-state index contributed by atoms with van der Waals surface area (Å²) in [6.07, 6.45) is 7.97. The van der Waals surface area contributed by atoms with Crippen LogP contribution in [-0.4, -0.2) is 38.2 Å². The average Bonchev–Trinajstić information content (AvgIpc) is 2.75. The third-order valence-electron chi connectivity index (χ3n) is 6.76. The summed E-state index contributed by atoms with van der Waals surface area (Å²) in [5.74, 6) is 0.518. The van der Waals surface area contributed by atoms with Crippen molar-refractivity contribution in [2.75, 3.05) is 19.1 Å². The van der Waals surface area contributed by atoms with Gasteiger partial charge in [-0.1, -0.05) is 18.6 Å². The summed E-state index contributed by atoms with van der Waals surface area (Å²) in [5.41, 5.74) is 2.17. The SMILES string of the molecule is COC(=O)c1cc(C)ccc1N(C(=O)[C@H]1CC[C@H](C)CC1)C1CCC(OC)CC1. The number of carbonyl (C=O) groups is 2. The average molecular weight is 402 g/mol. The first-order chi connectivity index (χ1) is 13.9. The maximum atomic E-state index is 13.7. The molecule has 5 nitrogen and oxygen atoms in total. The minimum absolute atomic E-state index is 0.0400. The lowest BCUT2D eigenvalue weighted by Gasteiger charge is -2.40. The molecule has 29 heavy (non-hydrogen) atoms. The first kappa shape index (κ1) is 21.8. The van der Waals surface area contributed by atoms with E-state index in [1.165, 1.54) is 7.11 Å². The smallest absolute Gasteiger partial charge is 0.339 e. The molecule has 0 heterocycles. The molecule has 0 radical (unpaired) electrons. The number of methoxy groups -OCH3 is 2. The summed E-state index contributed by atoms with van der Waals surface area (Å²) in [4.78, 5) is 28.2. The molecular weight excluding hydrogens is 366 g/mol. The zero-order valence-electron chi connectivity index (χ0n) is 18.3. The molecule has 0 atom stereocenters. The van der Waals surface area contributed by atoms with E-state index in [0.29, 0.717) is 17.2 Å². The molecule has 2 aliphatic carbocycles. The van der Waals surface area contributed by atoms with Crippen LogP contribution in [-0.2, 0) is 14.3 Å². The van der Waals surface area contributed by atoms with E-state index in [1.54, 1.807) is 7.11 Å². The van der Waals surface area contributed by atoms with Gasteiger partial charge in [-0.25, -0.2) is 4.79 Å². The second-order valence-electron chi connectivity index (χ2n) is 8.84. The number of hydrogen-bond donors (Lipinski definition) is 0. The molecule has 0 aliphatic heterocycles. The van der Waals surface area contributed by atoms with E-state index < -0.39 is 0 Å². The summed E-state index contributed by atoms with van der Waals surface area (Å²) in [6, 6.07) is 5.84. The lowest BCUT2D eigenvalue weighted by Crippen LogP contribution is -2.47. The predicted octanol–water partition coefficient (Wildman–Crippen LogP) is 4.90. The molecule has 0 saturated heterocycles. The molecule has 0 unspecified atom stereocenters. The monoisotopic (exact) mass is 401 g/mol. The van der Waals surface area contributed by atoms with E-state index in [0.717, 1.165) is 56.9 Å². The molecule has 1 aromatic rings. The summed E-state index contributed by atoms with van der Waals surface area (Å²) in [7, 11) is 3.15.